The van der Waals surface area contributed by atoms with Crippen LogP contribution in [0.4, 0.5) is 0 Å². The molecule has 2 fully saturated rings. The summed E-state index contributed by atoms with van der Waals surface area (Å²) < 4.78 is 2.09. The van der Waals surface area contributed by atoms with Gasteiger partial charge in [0.25, 0.3) is 0 Å². The number of benzene rings is 1. The van der Waals surface area contributed by atoms with Crippen LogP contribution in [0.25, 0.3) is 0 Å². The first kappa shape index (κ1) is 26.4. The Balaban J connectivity index is 1.29. The van der Waals surface area contributed by atoms with E-state index in [1.165, 1.54) is 22.4 Å². The van der Waals surface area contributed by atoms with Gasteiger partial charge in [-0.1, -0.05) is 39.7 Å². The number of fused-ring (bicyclic) bond motifs is 2. The summed E-state index contributed by atoms with van der Waals surface area (Å²) in [5.41, 5.74) is 11.1. The van der Waals surface area contributed by atoms with Gasteiger partial charge in [0.15, 0.2) is 0 Å². The van der Waals surface area contributed by atoms with Gasteiger partial charge in [-0.25, -0.2) is 0 Å². The standard InChI is InChI=1S/C29H34Br2ClN3O/c30-22-14-21-7-6-20-15-23(32)16-25(31)27(20)28(29(21)34-17-22)19-10-12-35(13-11-19)26(36)3-1-2-18-4-8-24(33)9-5-18/h1-2,14-19,24,28H,3-13,33H2/t18?,24?,28-/m1/s1. The lowest BCUT2D eigenvalue weighted by Crippen LogP contribution is -2.40. The van der Waals surface area contributed by atoms with Gasteiger partial charge in [-0.05, 0) is 114 Å². The molecule has 1 aromatic heterocycles. The Morgan fingerprint density at radius 2 is 1.78 bits per heavy atom. The number of pyridine rings is 1. The second-order valence-corrected chi connectivity index (χ2v) is 12.9. The fourth-order valence-corrected chi connectivity index (χ4v) is 7.84. The molecule has 0 spiro atoms. The Bertz CT molecular complexity index is 1140. The summed E-state index contributed by atoms with van der Waals surface area (Å²) in [6.45, 7) is 1.61. The number of aryl methyl sites for hydroxylation is 2. The van der Waals surface area contributed by atoms with Crippen LogP contribution in [0.2, 0.25) is 5.02 Å². The summed E-state index contributed by atoms with van der Waals surface area (Å²) in [6, 6.07) is 6.73. The smallest absolute Gasteiger partial charge is 0.226 e. The number of likely N-dealkylation sites (tertiary alicyclic amines) is 1. The Kier molecular flexibility index (Phi) is 8.56. The Morgan fingerprint density at radius 1 is 1.06 bits per heavy atom. The van der Waals surface area contributed by atoms with Gasteiger partial charge < -0.3 is 10.6 Å². The second kappa shape index (κ2) is 11.7. The van der Waals surface area contributed by atoms with Crippen LogP contribution in [0.1, 0.15) is 73.2 Å². The summed E-state index contributed by atoms with van der Waals surface area (Å²) in [6.07, 6.45) is 15.1. The van der Waals surface area contributed by atoms with Crippen LogP contribution < -0.4 is 5.73 Å². The van der Waals surface area contributed by atoms with Gasteiger partial charge in [0.1, 0.15) is 0 Å². The molecular formula is C29H34Br2ClN3O. The number of aromatic nitrogens is 1. The first-order valence-corrected chi connectivity index (χ1v) is 15.2. The molecule has 2 N–H and O–H groups in total. The van der Waals surface area contributed by atoms with Crippen molar-refractivity contribution in [3.05, 3.63) is 72.9 Å². The number of hydrogen-bond acceptors (Lipinski definition) is 3. The van der Waals surface area contributed by atoms with Crippen LogP contribution in [-0.2, 0) is 17.6 Å². The summed E-state index contributed by atoms with van der Waals surface area (Å²) in [7, 11) is 0. The van der Waals surface area contributed by atoms with Crippen molar-refractivity contribution in [1.82, 2.24) is 9.88 Å². The molecule has 7 heteroatoms. The summed E-state index contributed by atoms with van der Waals surface area (Å²) >= 11 is 13.9. The van der Waals surface area contributed by atoms with Gasteiger partial charge in [0.2, 0.25) is 5.91 Å². The molecule has 1 aromatic carbocycles. The quantitative estimate of drug-likeness (QED) is 0.362. The molecule has 4 nitrogen and oxygen atoms in total. The molecule has 0 bridgehead atoms. The molecule has 36 heavy (non-hydrogen) atoms. The van der Waals surface area contributed by atoms with Crippen LogP contribution in [0.15, 0.2) is 45.5 Å². The summed E-state index contributed by atoms with van der Waals surface area (Å²) in [5, 5.41) is 0.768. The maximum Gasteiger partial charge on any atom is 0.226 e. The molecule has 2 aromatic rings. The third-order valence-corrected chi connectivity index (χ3v) is 9.61. The molecule has 2 heterocycles. The average Bonchev–Trinajstić information content (AvgIpc) is 3.02. The highest BCUT2D eigenvalue weighted by atomic mass is 79.9. The monoisotopic (exact) mass is 633 g/mol. The van der Waals surface area contributed by atoms with Gasteiger partial charge in [0, 0.05) is 51.6 Å². The lowest BCUT2D eigenvalue weighted by Gasteiger charge is -2.37. The van der Waals surface area contributed by atoms with E-state index in [0.717, 1.165) is 78.4 Å². The van der Waals surface area contributed by atoms with Crippen molar-refractivity contribution in [2.24, 2.45) is 17.6 Å². The SMILES string of the molecule is NC1CCC(C=CCC(=O)N2CCC([C@H]3c4ncc(Br)cc4CCc4cc(Cl)cc(Br)c43)CC2)CC1. The number of hydrogen-bond donors (Lipinski definition) is 1. The molecule has 1 aliphatic heterocycles. The molecular weight excluding hydrogens is 602 g/mol. The lowest BCUT2D eigenvalue weighted by molar-refractivity contribution is -0.131. The molecule has 1 atom stereocenters. The highest BCUT2D eigenvalue weighted by Crippen LogP contribution is 2.46. The Hall–Kier alpha value is -1.21. The van der Waals surface area contributed by atoms with Gasteiger partial charge in [-0.2, -0.15) is 0 Å². The minimum Gasteiger partial charge on any atom is -0.342 e. The minimum absolute atomic E-state index is 0.201. The van der Waals surface area contributed by atoms with E-state index < -0.39 is 0 Å². The number of allylic oxidation sites excluding steroid dienone is 1. The van der Waals surface area contributed by atoms with Gasteiger partial charge in [0.05, 0.1) is 5.69 Å². The van der Waals surface area contributed by atoms with Gasteiger partial charge in [-0.3, -0.25) is 9.78 Å². The molecule has 1 saturated carbocycles. The molecule has 1 saturated heterocycles. The largest absolute Gasteiger partial charge is 0.342 e. The molecule has 0 radical (unpaired) electrons. The fourth-order valence-electron chi connectivity index (χ4n) is 6.34. The topological polar surface area (TPSA) is 59.2 Å². The van der Waals surface area contributed by atoms with E-state index in [2.05, 4.69) is 61.0 Å². The highest BCUT2D eigenvalue weighted by molar-refractivity contribution is 9.10. The maximum absolute atomic E-state index is 13.0. The molecule has 5 rings (SSSR count). The van der Waals surface area contributed by atoms with Gasteiger partial charge in [-0.15, -0.1) is 0 Å². The van der Waals surface area contributed by atoms with Crippen molar-refractivity contribution in [1.29, 1.82) is 0 Å². The zero-order valence-corrected chi connectivity index (χ0v) is 24.5. The van der Waals surface area contributed by atoms with E-state index in [0.29, 0.717) is 24.3 Å². The normalized spacial score (nSPS) is 24.9. The van der Waals surface area contributed by atoms with Crippen molar-refractivity contribution in [2.75, 3.05) is 13.1 Å². The first-order valence-electron chi connectivity index (χ1n) is 13.2. The Morgan fingerprint density at radius 3 is 2.53 bits per heavy atom. The minimum atomic E-state index is 0.201. The van der Waals surface area contributed by atoms with Crippen LogP contribution in [0, 0.1) is 11.8 Å². The molecule has 3 aliphatic rings. The van der Waals surface area contributed by atoms with Crippen molar-refractivity contribution in [3.8, 4) is 0 Å². The number of halogens is 3. The first-order chi connectivity index (χ1) is 17.4. The van der Waals surface area contributed by atoms with E-state index in [4.69, 9.17) is 22.3 Å². The second-order valence-electron chi connectivity index (χ2n) is 10.7. The summed E-state index contributed by atoms with van der Waals surface area (Å²) in [4.78, 5) is 20.0. The van der Waals surface area contributed by atoms with E-state index in [-0.39, 0.29) is 11.8 Å². The van der Waals surface area contributed by atoms with Crippen molar-refractivity contribution < 1.29 is 4.79 Å². The van der Waals surface area contributed by atoms with Crippen LogP contribution in [0.3, 0.4) is 0 Å². The number of nitrogens with two attached hydrogens (primary N) is 1. The van der Waals surface area contributed by atoms with E-state index >= 15 is 0 Å². The van der Waals surface area contributed by atoms with Crippen LogP contribution >= 0.6 is 43.5 Å². The number of carbonyl (C=O) groups is 1. The van der Waals surface area contributed by atoms with Crippen molar-refractivity contribution in [2.45, 2.75) is 69.7 Å². The number of carbonyl (C=O) groups excluding carboxylic acids is 1. The lowest BCUT2D eigenvalue weighted by atomic mass is 9.76. The zero-order chi connectivity index (χ0) is 25.2. The Labute approximate surface area is 236 Å². The van der Waals surface area contributed by atoms with E-state index in [9.17, 15) is 4.79 Å². The zero-order valence-electron chi connectivity index (χ0n) is 20.6. The van der Waals surface area contributed by atoms with Crippen molar-refractivity contribution in [3.63, 3.8) is 0 Å². The predicted molar refractivity (Wildman–Crippen MR) is 153 cm³/mol. The molecule has 2 aliphatic carbocycles. The number of piperidine rings is 1. The third kappa shape index (κ3) is 5.92. The number of rotatable bonds is 4. The average molecular weight is 636 g/mol. The van der Waals surface area contributed by atoms with Gasteiger partial charge >= 0.3 is 0 Å². The van der Waals surface area contributed by atoms with E-state index in [1.807, 2.05) is 12.3 Å². The maximum atomic E-state index is 13.0. The summed E-state index contributed by atoms with van der Waals surface area (Å²) in [5.74, 6) is 1.46. The van der Waals surface area contributed by atoms with Crippen molar-refractivity contribution >= 4 is 49.4 Å². The molecule has 1 amide bonds. The predicted octanol–water partition coefficient (Wildman–Crippen LogP) is 7.19. The number of amides is 1. The van der Waals surface area contributed by atoms with Crippen LogP contribution in [0.5, 0.6) is 0 Å². The highest BCUT2D eigenvalue weighted by Gasteiger charge is 2.36. The molecule has 0 unspecified atom stereocenters. The van der Waals surface area contributed by atoms with E-state index in [1.54, 1.807) is 0 Å². The fraction of sp³-hybridized carbons (Fsp3) is 0.517. The third-order valence-electron chi connectivity index (χ3n) is 8.30. The number of nitrogens with zero attached hydrogens (tertiary/aromatic N) is 2. The molecule has 192 valence electrons. The van der Waals surface area contributed by atoms with Crippen LogP contribution in [-0.4, -0.2) is 34.9 Å².